The Labute approximate surface area is 658 Å². The van der Waals surface area contributed by atoms with Gasteiger partial charge < -0.3 is 85.0 Å². The van der Waals surface area contributed by atoms with E-state index in [2.05, 4.69) is 25.9 Å². The van der Waals surface area contributed by atoms with Crippen molar-refractivity contribution in [1.29, 1.82) is 0 Å². The molecule has 102 heavy (non-hydrogen) atoms. The molecule has 2 heterocycles. The molecule has 0 aliphatic heterocycles. The number of carboxylic acids is 5. The van der Waals surface area contributed by atoms with Gasteiger partial charge >= 0.3 is 107 Å². The summed E-state index contributed by atoms with van der Waals surface area (Å²) in [5.41, 5.74) is 3.93. The van der Waals surface area contributed by atoms with Crippen molar-refractivity contribution in [3.8, 4) is 11.8 Å². The minimum atomic E-state index is -1.67. The number of nitrogens with one attached hydrogen (secondary N) is 3. The minimum Gasteiger partial charge on any atom is -0.550 e. The Hall–Kier alpha value is -7.52. The van der Waals surface area contributed by atoms with Gasteiger partial charge in [0.15, 0.2) is 0 Å². The molecule has 0 bridgehead atoms. The fraction of sp³-hybridized carbons (Fsp3) is 0.478. The van der Waals surface area contributed by atoms with Crippen LogP contribution in [0.4, 0.5) is 0 Å². The van der Waals surface area contributed by atoms with Gasteiger partial charge in [0, 0.05) is 103 Å². The topological polar surface area (TPSA) is 465 Å². The van der Waals surface area contributed by atoms with Crippen molar-refractivity contribution in [2.24, 2.45) is 17.8 Å². The molecule has 33 heteroatoms. The summed E-state index contributed by atoms with van der Waals surface area (Å²) in [4.78, 5) is 176. The quantitative estimate of drug-likeness (QED) is 0.0177. The number of amides is 5. The minimum absolute atomic E-state index is 0. The van der Waals surface area contributed by atoms with Gasteiger partial charge in [-0.25, -0.2) is 14.8 Å². The van der Waals surface area contributed by atoms with E-state index in [1.807, 2.05) is 31.2 Å². The zero-order chi connectivity index (χ0) is 74.3. The van der Waals surface area contributed by atoms with Gasteiger partial charge in [0.1, 0.15) is 54.3 Å². The maximum absolute atomic E-state index is 13.0. The summed E-state index contributed by atoms with van der Waals surface area (Å²) in [6.45, 7) is 6.56. The smallest absolute Gasteiger partial charge is 0.550 e. The number of carbonyl (C=O) groups is 14. The van der Waals surface area contributed by atoms with Crippen molar-refractivity contribution in [1.82, 2.24) is 35.7 Å². The molecule has 2 aromatic carbocycles. The van der Waals surface area contributed by atoms with E-state index in [9.17, 15) is 82.4 Å². The molecule has 4 aromatic rings. The molecule has 0 spiro atoms. The molecule has 4 rings (SSSR count). The van der Waals surface area contributed by atoms with E-state index in [-0.39, 0.29) is 208 Å². The molecular weight excluding hydrogens is 1360 g/mol. The van der Waals surface area contributed by atoms with Crippen molar-refractivity contribution >= 4 is 82.7 Å². The number of aromatic nitrogens is 2. The van der Waals surface area contributed by atoms with Gasteiger partial charge in [-0.05, 0) is 118 Å². The first-order valence-corrected chi connectivity index (χ1v) is 31.8. The number of benzene rings is 2. The Balaban J connectivity index is 0. The Bertz CT molecular complexity index is 3400. The Morgan fingerprint density at radius 2 is 0.853 bits per heavy atom. The third-order valence-electron chi connectivity index (χ3n) is 15.2. The predicted molar refractivity (Wildman–Crippen MR) is 345 cm³/mol. The van der Waals surface area contributed by atoms with Crippen LogP contribution in [0.2, 0.25) is 0 Å². The number of ether oxygens (including phenoxy) is 3. The number of nitrogens with zero attached hydrogens (tertiary/aromatic N) is 4. The molecule has 30 nitrogen and oxygen atoms in total. The van der Waals surface area contributed by atoms with E-state index < -0.39 is 102 Å². The van der Waals surface area contributed by atoms with Crippen LogP contribution >= 0.6 is 0 Å². The summed E-state index contributed by atoms with van der Waals surface area (Å²) in [5.74, 6) is -12.3. The van der Waals surface area contributed by atoms with E-state index in [0.29, 0.717) is 48.4 Å². The van der Waals surface area contributed by atoms with Gasteiger partial charge in [0.2, 0.25) is 29.5 Å². The van der Waals surface area contributed by atoms with E-state index in [0.717, 1.165) is 16.7 Å². The van der Waals surface area contributed by atoms with Gasteiger partial charge in [0.05, 0.1) is 30.6 Å². The number of ketones is 3. The molecule has 2 aromatic heterocycles. The van der Waals surface area contributed by atoms with Crippen LogP contribution in [0.15, 0.2) is 85.2 Å². The molecule has 0 aliphatic rings. The standard InChI is InChI=1S/C40H52N4O14.C16H18N2O3.C13H21NO6.3Na/c1-5-27(12-16-33(47)42-30(39(53)54)14-18-35(49)50)32(46)21-28(24(2)45)13-17-34(48)43-31(40(55)56)15-19-36(51)57-22-25-8-10-26(11-9-25)23-58-37-29(7-6-20-41-37)38(52)44(3)4;1-18(2)16(20)14-4-3-9-17-15(14)21-11-13-7-5-12(10-19)6-8-13;1-3-9(8(2)15)4-6-11(16)14-10(13(19)20)5-7-12(17)18;;;/h6-11,20,27-28,30-31H,5,12-19,21-23H2,1-4H3,(H,42,47)(H,43,48)(H,49,50)(H,53,54)(H,55,56);3-9,19H,10-11H2,1-2H3;9-10H,3-7H2,1-2H3,(H,14,16)(H,17,18)(H,19,20);;;/q;;;3*+1/p-3. The van der Waals surface area contributed by atoms with E-state index in [4.69, 9.17) is 29.5 Å². The second-order valence-corrected chi connectivity index (χ2v) is 23.3. The second-order valence-electron chi connectivity index (χ2n) is 23.3. The van der Waals surface area contributed by atoms with Crippen LogP contribution in [0.25, 0.3) is 0 Å². The average Bonchev–Trinajstić information content (AvgIpc) is 0.854. The molecule has 0 saturated carbocycles. The number of hydrogen-bond acceptors (Lipinski definition) is 23. The van der Waals surface area contributed by atoms with Crippen molar-refractivity contribution in [2.75, 3.05) is 28.2 Å². The molecule has 6 N–H and O–H groups in total. The summed E-state index contributed by atoms with van der Waals surface area (Å²) in [6, 6.07) is 16.6. The Morgan fingerprint density at radius 1 is 0.480 bits per heavy atom. The van der Waals surface area contributed by atoms with Gasteiger partial charge in [-0.15, -0.1) is 0 Å². The molecule has 0 radical (unpaired) electrons. The summed E-state index contributed by atoms with van der Waals surface area (Å²) in [6.07, 6.45) is 1.27. The van der Waals surface area contributed by atoms with Crippen LogP contribution in [0, 0.1) is 17.8 Å². The van der Waals surface area contributed by atoms with E-state index >= 15 is 0 Å². The van der Waals surface area contributed by atoms with Gasteiger partial charge in [-0.2, -0.15) is 0 Å². The fourth-order valence-electron chi connectivity index (χ4n) is 9.24. The molecule has 0 aliphatic carbocycles. The largest absolute Gasteiger partial charge is 1.00 e. The maximum Gasteiger partial charge on any atom is 1.00 e. The van der Waals surface area contributed by atoms with Crippen molar-refractivity contribution in [3.63, 3.8) is 0 Å². The van der Waals surface area contributed by atoms with E-state index in [1.165, 1.54) is 29.8 Å². The van der Waals surface area contributed by atoms with Crippen molar-refractivity contribution in [2.45, 2.75) is 169 Å². The molecule has 6 atom stereocenters. The number of hydrogen-bond donors (Lipinski definition) is 6. The molecule has 0 saturated heterocycles. The number of rotatable bonds is 42. The van der Waals surface area contributed by atoms with Crippen LogP contribution < -0.4 is 129 Å². The number of aliphatic hydroxyl groups is 1. The van der Waals surface area contributed by atoms with Crippen LogP contribution in [0.5, 0.6) is 11.8 Å². The number of Topliss-reactive ketones (excluding diaryl/α,β-unsaturated/α-hetero) is 3. The number of aliphatic hydroxyl groups excluding tert-OH is 1. The number of esters is 1. The first kappa shape index (κ1) is 96.5. The van der Waals surface area contributed by atoms with Crippen LogP contribution in [-0.2, 0) is 88.7 Å². The second kappa shape index (κ2) is 52.4. The molecule has 540 valence electrons. The summed E-state index contributed by atoms with van der Waals surface area (Å²) < 4.78 is 16.6. The SMILES string of the molecule is CCC(CCC(=O)NC(CCC(=O)O)C(=O)O)C(C)=O.CCC(CCC(=O)NC(CCC(=O)[O-])C(=O)[O-])C(=O)CC(CCC(=O)NC(CCC(=O)OCc1ccc(COc2ncccc2C(=O)N(C)C)cc1)C(=O)[O-])C(C)=O.CN(C)C(=O)c1cccnc1OCc1ccc(CO)cc1.[Na+].[Na+].[Na+]. The zero-order valence-corrected chi connectivity index (χ0v) is 65.8. The molecule has 0 fully saturated rings. The predicted octanol–water partition coefficient (Wildman–Crippen LogP) is -7.38. The molecule has 6 unspecified atom stereocenters. The van der Waals surface area contributed by atoms with Crippen LogP contribution in [-0.4, -0.2) is 164 Å². The monoisotopic (exact) mass is 1450 g/mol. The van der Waals surface area contributed by atoms with Gasteiger partial charge in [-0.3, -0.25) is 47.9 Å². The summed E-state index contributed by atoms with van der Waals surface area (Å²) >= 11 is 0. The zero-order valence-electron chi connectivity index (χ0n) is 59.8. The van der Waals surface area contributed by atoms with Crippen LogP contribution in [0.1, 0.15) is 167 Å². The average molecular weight is 1450 g/mol. The summed E-state index contributed by atoms with van der Waals surface area (Å²) in [5, 5.41) is 66.7. The van der Waals surface area contributed by atoms with Crippen molar-refractivity contribution in [3.05, 3.63) is 119 Å². The van der Waals surface area contributed by atoms with Crippen LogP contribution in [0.3, 0.4) is 0 Å². The first-order valence-electron chi connectivity index (χ1n) is 31.8. The number of pyridine rings is 2. The Kier molecular flexibility index (Phi) is 49.6. The molecular formula is C69H88N7Na3O23. The third-order valence-corrected chi connectivity index (χ3v) is 15.2. The molecule has 5 amide bonds. The van der Waals surface area contributed by atoms with E-state index in [1.54, 1.807) is 89.8 Å². The number of aliphatic carboxylic acids is 5. The fourth-order valence-corrected chi connectivity index (χ4v) is 9.24. The first-order chi connectivity index (χ1) is 46.8. The van der Waals surface area contributed by atoms with Crippen molar-refractivity contribution < 1.29 is 201 Å². The third kappa shape index (κ3) is 38.7. The number of carbonyl (C=O) groups excluding carboxylic acids is 12. The van der Waals surface area contributed by atoms with Gasteiger partial charge in [-0.1, -0.05) is 62.4 Å². The van der Waals surface area contributed by atoms with Gasteiger partial charge in [0.25, 0.3) is 11.8 Å². The summed E-state index contributed by atoms with van der Waals surface area (Å²) in [7, 11) is 6.61. The normalized spacial score (nSPS) is 12.0. The Morgan fingerprint density at radius 3 is 1.22 bits per heavy atom. The number of carboxylic acid groups (broad SMARTS) is 5. The maximum atomic E-state index is 13.0.